The molecule has 0 amide bonds. The van der Waals surface area contributed by atoms with Crippen molar-refractivity contribution in [3.63, 3.8) is 0 Å². The summed E-state index contributed by atoms with van der Waals surface area (Å²) in [5, 5.41) is 24.6. The van der Waals surface area contributed by atoms with E-state index in [0.717, 1.165) is 23.4 Å². The van der Waals surface area contributed by atoms with Gasteiger partial charge in [0.05, 0.1) is 23.3 Å². The molecule has 0 fully saturated rings. The summed E-state index contributed by atoms with van der Waals surface area (Å²) in [6.07, 6.45) is -0.632. The van der Waals surface area contributed by atoms with E-state index in [1.54, 1.807) is 18.5 Å². The van der Waals surface area contributed by atoms with Gasteiger partial charge in [0.2, 0.25) is 5.82 Å². The van der Waals surface area contributed by atoms with Crippen LogP contribution in [0.4, 0.5) is 10.1 Å². The Bertz CT molecular complexity index is 695. The first kappa shape index (κ1) is 15.1. The average Bonchev–Trinajstić information content (AvgIpc) is 2.63. The van der Waals surface area contributed by atoms with Crippen LogP contribution in [-0.2, 0) is 6.54 Å². The Morgan fingerprint density at radius 3 is 2.62 bits per heavy atom. The van der Waals surface area contributed by atoms with Gasteiger partial charge in [0.15, 0.2) is 0 Å². The Hall–Kier alpha value is -2.28. The number of aliphatic hydroxyl groups is 1. The molecule has 0 spiro atoms. The van der Waals surface area contributed by atoms with Gasteiger partial charge in [-0.15, -0.1) is 0 Å². The number of nitro benzene ring substituents is 1. The summed E-state index contributed by atoms with van der Waals surface area (Å²) in [6.45, 7) is 5.56. The molecule has 0 aliphatic heterocycles. The zero-order chi connectivity index (χ0) is 15.7. The van der Waals surface area contributed by atoms with E-state index in [-0.39, 0.29) is 6.54 Å². The second-order valence-electron chi connectivity index (χ2n) is 4.96. The summed E-state index contributed by atoms with van der Waals surface area (Å²) in [7, 11) is 0. The zero-order valence-corrected chi connectivity index (χ0v) is 12.0. The van der Waals surface area contributed by atoms with Gasteiger partial charge in [0.1, 0.15) is 0 Å². The first-order chi connectivity index (χ1) is 9.81. The van der Waals surface area contributed by atoms with Crippen LogP contribution in [0.2, 0.25) is 0 Å². The largest absolute Gasteiger partial charge is 0.389 e. The van der Waals surface area contributed by atoms with Crippen LogP contribution in [0, 0.1) is 29.8 Å². The number of hydrogen-bond donors (Lipinski definition) is 1. The molecule has 0 saturated heterocycles. The van der Waals surface area contributed by atoms with E-state index in [1.807, 2.05) is 6.92 Å². The molecule has 7 heteroatoms. The molecule has 1 aromatic heterocycles. The van der Waals surface area contributed by atoms with Crippen LogP contribution in [-0.4, -0.2) is 19.8 Å². The van der Waals surface area contributed by atoms with Gasteiger partial charge >= 0.3 is 5.69 Å². The predicted octanol–water partition coefficient (Wildman–Crippen LogP) is 2.65. The number of aliphatic hydroxyl groups excluding tert-OH is 1. The lowest BCUT2D eigenvalue weighted by Gasteiger charge is -2.07. The number of aromatic nitrogens is 2. The van der Waals surface area contributed by atoms with Gasteiger partial charge in [-0.1, -0.05) is 6.07 Å². The standard InChI is InChI=1S/C14H16FN3O3/c1-8-14(10(3)19)9(2)17(16-8)7-11-4-5-13(18(20)21)12(15)6-11/h4-6,10,19H,7H2,1-3H3. The van der Waals surface area contributed by atoms with Crippen LogP contribution in [0.3, 0.4) is 0 Å². The van der Waals surface area contributed by atoms with E-state index >= 15 is 0 Å². The van der Waals surface area contributed by atoms with E-state index in [4.69, 9.17) is 0 Å². The average molecular weight is 293 g/mol. The molecule has 0 aliphatic carbocycles. The summed E-state index contributed by atoms with van der Waals surface area (Å²) >= 11 is 0. The summed E-state index contributed by atoms with van der Waals surface area (Å²) in [6, 6.07) is 3.78. The Kier molecular flexibility index (Phi) is 4.04. The normalized spacial score (nSPS) is 12.4. The van der Waals surface area contributed by atoms with Crippen molar-refractivity contribution in [3.05, 3.63) is 56.6 Å². The van der Waals surface area contributed by atoms with Gasteiger partial charge in [-0.2, -0.15) is 9.49 Å². The van der Waals surface area contributed by atoms with E-state index < -0.39 is 22.5 Å². The molecule has 1 aromatic carbocycles. The number of benzene rings is 1. The highest BCUT2D eigenvalue weighted by molar-refractivity contribution is 5.35. The predicted molar refractivity (Wildman–Crippen MR) is 74.5 cm³/mol. The highest BCUT2D eigenvalue weighted by atomic mass is 19.1. The number of nitro groups is 1. The van der Waals surface area contributed by atoms with Crippen LogP contribution in [0.15, 0.2) is 18.2 Å². The third-order valence-electron chi connectivity index (χ3n) is 3.40. The van der Waals surface area contributed by atoms with Crippen molar-refractivity contribution in [2.45, 2.75) is 33.4 Å². The van der Waals surface area contributed by atoms with Gasteiger partial charge in [0, 0.05) is 17.3 Å². The monoisotopic (exact) mass is 293 g/mol. The molecule has 21 heavy (non-hydrogen) atoms. The Morgan fingerprint density at radius 2 is 2.14 bits per heavy atom. The van der Waals surface area contributed by atoms with Gasteiger partial charge in [-0.05, 0) is 32.4 Å². The fourth-order valence-electron chi connectivity index (χ4n) is 2.44. The smallest absolute Gasteiger partial charge is 0.304 e. The zero-order valence-electron chi connectivity index (χ0n) is 12.0. The maximum absolute atomic E-state index is 13.6. The molecular weight excluding hydrogens is 277 g/mol. The minimum Gasteiger partial charge on any atom is -0.389 e. The molecule has 2 aromatic rings. The first-order valence-electron chi connectivity index (χ1n) is 6.46. The second-order valence-corrected chi connectivity index (χ2v) is 4.96. The number of hydrogen-bond acceptors (Lipinski definition) is 4. The second kappa shape index (κ2) is 5.61. The van der Waals surface area contributed by atoms with Gasteiger partial charge in [-0.3, -0.25) is 14.8 Å². The summed E-state index contributed by atoms with van der Waals surface area (Å²) in [5.74, 6) is -0.866. The fraction of sp³-hybridized carbons (Fsp3) is 0.357. The van der Waals surface area contributed by atoms with Gasteiger partial charge in [0.25, 0.3) is 0 Å². The van der Waals surface area contributed by atoms with Crippen molar-refractivity contribution in [1.82, 2.24) is 9.78 Å². The van der Waals surface area contributed by atoms with Crippen molar-refractivity contribution in [2.24, 2.45) is 0 Å². The van der Waals surface area contributed by atoms with E-state index in [2.05, 4.69) is 5.10 Å². The first-order valence-corrected chi connectivity index (χ1v) is 6.46. The molecule has 0 bridgehead atoms. The van der Waals surface area contributed by atoms with E-state index in [9.17, 15) is 19.6 Å². The lowest BCUT2D eigenvalue weighted by molar-refractivity contribution is -0.387. The third kappa shape index (κ3) is 2.92. The minimum atomic E-state index is -0.866. The fourth-order valence-corrected chi connectivity index (χ4v) is 2.44. The van der Waals surface area contributed by atoms with Crippen LogP contribution in [0.5, 0.6) is 0 Å². The van der Waals surface area contributed by atoms with Crippen LogP contribution in [0.1, 0.15) is 35.5 Å². The maximum Gasteiger partial charge on any atom is 0.304 e. The third-order valence-corrected chi connectivity index (χ3v) is 3.40. The van der Waals surface area contributed by atoms with E-state index in [1.165, 1.54) is 6.07 Å². The Balaban J connectivity index is 2.33. The van der Waals surface area contributed by atoms with Crippen molar-refractivity contribution in [1.29, 1.82) is 0 Å². The Morgan fingerprint density at radius 1 is 1.48 bits per heavy atom. The molecule has 6 nitrogen and oxygen atoms in total. The molecule has 0 aliphatic rings. The lowest BCUT2D eigenvalue weighted by Crippen LogP contribution is -2.05. The molecule has 0 radical (unpaired) electrons. The highest BCUT2D eigenvalue weighted by Gasteiger charge is 2.17. The topological polar surface area (TPSA) is 81.2 Å². The number of halogens is 1. The number of aryl methyl sites for hydroxylation is 1. The molecule has 1 heterocycles. The molecule has 2 rings (SSSR count). The van der Waals surface area contributed by atoms with Crippen LogP contribution < -0.4 is 0 Å². The van der Waals surface area contributed by atoms with Crippen molar-refractivity contribution < 1.29 is 14.4 Å². The molecule has 1 unspecified atom stereocenters. The summed E-state index contributed by atoms with van der Waals surface area (Å²) in [5.41, 5.74) is 2.28. The molecule has 1 N–H and O–H groups in total. The van der Waals surface area contributed by atoms with Gasteiger partial charge < -0.3 is 5.11 Å². The molecule has 0 saturated carbocycles. The lowest BCUT2D eigenvalue weighted by atomic mass is 10.1. The SMILES string of the molecule is Cc1nn(Cc2ccc([N+](=O)[O-])c(F)c2)c(C)c1C(C)O. The maximum atomic E-state index is 13.6. The molecular formula is C14H16FN3O3. The quantitative estimate of drug-likeness (QED) is 0.694. The van der Waals surface area contributed by atoms with E-state index in [0.29, 0.717) is 11.3 Å². The number of nitrogens with zero attached hydrogens (tertiary/aromatic N) is 3. The van der Waals surface area contributed by atoms with Crippen LogP contribution in [0.25, 0.3) is 0 Å². The summed E-state index contributed by atoms with van der Waals surface area (Å²) < 4.78 is 15.3. The minimum absolute atomic E-state index is 0.286. The highest BCUT2D eigenvalue weighted by Crippen LogP contribution is 2.23. The summed E-state index contributed by atoms with van der Waals surface area (Å²) in [4.78, 5) is 9.83. The van der Waals surface area contributed by atoms with Crippen molar-refractivity contribution in [2.75, 3.05) is 0 Å². The van der Waals surface area contributed by atoms with Crippen LogP contribution >= 0.6 is 0 Å². The number of rotatable bonds is 4. The van der Waals surface area contributed by atoms with Crippen molar-refractivity contribution in [3.8, 4) is 0 Å². The van der Waals surface area contributed by atoms with Gasteiger partial charge in [-0.25, -0.2) is 0 Å². The molecule has 112 valence electrons. The molecule has 1 atom stereocenters. The van der Waals surface area contributed by atoms with Crippen molar-refractivity contribution >= 4 is 5.69 Å². The Labute approximate surface area is 121 Å².